The summed E-state index contributed by atoms with van der Waals surface area (Å²) >= 11 is 0. The van der Waals surface area contributed by atoms with Gasteiger partial charge in [0.25, 0.3) is 5.69 Å². The van der Waals surface area contributed by atoms with Crippen LogP contribution in [0.2, 0.25) is 0 Å². The number of nitrogens with one attached hydrogen (secondary N) is 1. The third-order valence-corrected chi connectivity index (χ3v) is 2.62. The number of anilines is 1. The number of nitro groups is 1. The van der Waals surface area contributed by atoms with E-state index in [9.17, 15) is 14.9 Å². The van der Waals surface area contributed by atoms with E-state index in [1.807, 2.05) is 0 Å². The zero-order valence-electron chi connectivity index (χ0n) is 8.90. The van der Waals surface area contributed by atoms with Gasteiger partial charge in [-0.05, 0) is 25.8 Å². The molecule has 5 heteroatoms. The third kappa shape index (κ3) is 2.18. The van der Waals surface area contributed by atoms with Crippen LogP contribution in [0.15, 0.2) is 18.2 Å². The SMILES string of the molecule is Cc1ccc(NC(=O)C2CC2)cc1[N+](=O)[O-]. The van der Waals surface area contributed by atoms with Gasteiger partial charge in [0.1, 0.15) is 0 Å². The second kappa shape index (κ2) is 3.92. The summed E-state index contributed by atoms with van der Waals surface area (Å²) in [5, 5.41) is 13.4. The Bertz CT molecular complexity index is 453. The molecule has 1 aliphatic carbocycles. The predicted molar refractivity (Wildman–Crippen MR) is 59.2 cm³/mol. The number of amides is 1. The molecule has 0 bridgehead atoms. The summed E-state index contributed by atoms with van der Waals surface area (Å²) in [6.45, 7) is 1.67. The Balaban J connectivity index is 2.18. The first kappa shape index (κ1) is 10.6. The minimum atomic E-state index is -0.442. The van der Waals surface area contributed by atoms with Gasteiger partial charge in [-0.25, -0.2) is 0 Å². The number of rotatable bonds is 3. The molecule has 0 saturated heterocycles. The van der Waals surface area contributed by atoms with Crippen LogP contribution in [0.4, 0.5) is 11.4 Å². The minimum absolute atomic E-state index is 0.0357. The predicted octanol–water partition coefficient (Wildman–Crippen LogP) is 2.25. The fraction of sp³-hybridized carbons (Fsp3) is 0.364. The topological polar surface area (TPSA) is 72.2 Å². The first-order valence-electron chi connectivity index (χ1n) is 5.14. The van der Waals surface area contributed by atoms with Crippen LogP contribution in [0.1, 0.15) is 18.4 Å². The maximum Gasteiger partial charge on any atom is 0.274 e. The van der Waals surface area contributed by atoms with Crippen LogP contribution in [0.3, 0.4) is 0 Å². The van der Waals surface area contributed by atoms with Gasteiger partial charge >= 0.3 is 0 Å². The lowest BCUT2D eigenvalue weighted by atomic mass is 10.2. The molecular weight excluding hydrogens is 208 g/mol. The molecule has 5 nitrogen and oxygen atoms in total. The molecule has 16 heavy (non-hydrogen) atoms. The van der Waals surface area contributed by atoms with Crippen molar-refractivity contribution in [1.82, 2.24) is 0 Å². The monoisotopic (exact) mass is 220 g/mol. The van der Waals surface area contributed by atoms with Gasteiger partial charge < -0.3 is 5.32 Å². The molecule has 1 saturated carbocycles. The molecule has 0 spiro atoms. The van der Waals surface area contributed by atoms with Crippen LogP contribution in [-0.2, 0) is 4.79 Å². The molecule has 2 rings (SSSR count). The van der Waals surface area contributed by atoms with Crippen molar-refractivity contribution in [3.63, 3.8) is 0 Å². The van der Waals surface area contributed by atoms with Crippen LogP contribution < -0.4 is 5.32 Å². The van der Waals surface area contributed by atoms with Gasteiger partial charge in [0.15, 0.2) is 0 Å². The van der Waals surface area contributed by atoms with Crippen LogP contribution in [0.5, 0.6) is 0 Å². The van der Waals surface area contributed by atoms with Gasteiger partial charge in [-0.3, -0.25) is 14.9 Å². The van der Waals surface area contributed by atoms with Crippen molar-refractivity contribution < 1.29 is 9.72 Å². The van der Waals surface area contributed by atoms with E-state index < -0.39 is 4.92 Å². The largest absolute Gasteiger partial charge is 0.326 e. The first-order valence-corrected chi connectivity index (χ1v) is 5.14. The van der Waals surface area contributed by atoms with Gasteiger partial charge in [-0.15, -0.1) is 0 Å². The molecule has 84 valence electrons. The summed E-state index contributed by atoms with van der Waals surface area (Å²) in [6, 6.07) is 4.72. The molecule has 1 aromatic carbocycles. The Hall–Kier alpha value is -1.91. The van der Waals surface area contributed by atoms with Crippen molar-refractivity contribution in [2.75, 3.05) is 5.32 Å². The number of nitro benzene ring substituents is 1. The van der Waals surface area contributed by atoms with Crippen LogP contribution in [0.25, 0.3) is 0 Å². The highest BCUT2D eigenvalue weighted by Gasteiger charge is 2.29. The highest BCUT2D eigenvalue weighted by molar-refractivity contribution is 5.94. The van der Waals surface area contributed by atoms with E-state index in [1.165, 1.54) is 6.07 Å². The first-order chi connectivity index (χ1) is 7.58. The summed E-state index contributed by atoms with van der Waals surface area (Å²) in [4.78, 5) is 21.7. The summed E-state index contributed by atoms with van der Waals surface area (Å²) in [7, 11) is 0. The van der Waals surface area contributed by atoms with E-state index >= 15 is 0 Å². The van der Waals surface area contributed by atoms with Crippen LogP contribution in [0, 0.1) is 23.0 Å². The molecule has 0 aliphatic heterocycles. The zero-order valence-corrected chi connectivity index (χ0v) is 8.90. The average Bonchev–Trinajstić information content (AvgIpc) is 3.03. The van der Waals surface area contributed by atoms with Crippen molar-refractivity contribution in [3.8, 4) is 0 Å². The van der Waals surface area contributed by atoms with Crippen LogP contribution >= 0.6 is 0 Å². The molecule has 0 aromatic heterocycles. The maximum atomic E-state index is 11.5. The van der Waals surface area contributed by atoms with Gasteiger partial charge in [-0.1, -0.05) is 6.07 Å². The number of aryl methyl sites for hydroxylation is 1. The zero-order chi connectivity index (χ0) is 11.7. The number of benzene rings is 1. The van der Waals surface area contributed by atoms with Crippen molar-refractivity contribution in [2.45, 2.75) is 19.8 Å². The molecule has 1 aliphatic rings. The molecular formula is C11H12N2O3. The van der Waals surface area contributed by atoms with Crippen LogP contribution in [-0.4, -0.2) is 10.8 Å². The fourth-order valence-electron chi connectivity index (χ4n) is 1.47. The fourth-order valence-corrected chi connectivity index (χ4v) is 1.47. The second-order valence-electron chi connectivity index (χ2n) is 4.02. The Morgan fingerprint density at radius 1 is 1.50 bits per heavy atom. The molecule has 0 heterocycles. The number of hydrogen-bond donors (Lipinski definition) is 1. The highest BCUT2D eigenvalue weighted by Crippen LogP contribution is 2.31. The Morgan fingerprint density at radius 3 is 2.75 bits per heavy atom. The van der Waals surface area contributed by atoms with Gasteiger partial charge in [0.05, 0.1) is 4.92 Å². The van der Waals surface area contributed by atoms with Gasteiger partial charge in [-0.2, -0.15) is 0 Å². The standard InChI is InChI=1S/C11H12N2O3/c1-7-2-5-9(6-10(7)13(15)16)12-11(14)8-3-4-8/h2,5-6,8H,3-4H2,1H3,(H,12,14). The third-order valence-electron chi connectivity index (χ3n) is 2.62. The lowest BCUT2D eigenvalue weighted by Crippen LogP contribution is -2.13. The minimum Gasteiger partial charge on any atom is -0.326 e. The second-order valence-corrected chi connectivity index (χ2v) is 4.02. The molecule has 0 unspecified atom stereocenters. The number of hydrogen-bond acceptors (Lipinski definition) is 3. The molecule has 0 radical (unpaired) electrons. The molecule has 1 amide bonds. The van der Waals surface area contributed by atoms with E-state index in [0.29, 0.717) is 11.3 Å². The Kier molecular flexibility index (Phi) is 2.60. The molecule has 1 aromatic rings. The Labute approximate surface area is 92.6 Å². The summed E-state index contributed by atoms with van der Waals surface area (Å²) in [6.07, 6.45) is 1.83. The smallest absolute Gasteiger partial charge is 0.274 e. The lowest BCUT2D eigenvalue weighted by molar-refractivity contribution is -0.385. The van der Waals surface area contributed by atoms with E-state index in [2.05, 4.69) is 5.32 Å². The van der Waals surface area contributed by atoms with Gasteiger partial charge in [0.2, 0.25) is 5.91 Å². The quantitative estimate of drug-likeness (QED) is 0.627. The summed E-state index contributed by atoms with van der Waals surface area (Å²) in [5.41, 5.74) is 1.12. The molecule has 1 fully saturated rings. The van der Waals surface area contributed by atoms with Crippen molar-refractivity contribution >= 4 is 17.3 Å². The molecule has 0 atom stereocenters. The summed E-state index contributed by atoms with van der Waals surface area (Å²) in [5.74, 6) is 0.0542. The maximum absolute atomic E-state index is 11.5. The summed E-state index contributed by atoms with van der Waals surface area (Å²) < 4.78 is 0. The van der Waals surface area contributed by atoms with E-state index in [4.69, 9.17) is 0 Å². The average molecular weight is 220 g/mol. The number of carbonyl (C=O) groups excluding carboxylic acids is 1. The Morgan fingerprint density at radius 2 is 2.19 bits per heavy atom. The normalized spacial score (nSPS) is 14.6. The lowest BCUT2D eigenvalue weighted by Gasteiger charge is -2.04. The number of nitrogens with zero attached hydrogens (tertiary/aromatic N) is 1. The molecule has 1 N–H and O–H groups in total. The van der Waals surface area contributed by atoms with Crippen molar-refractivity contribution in [3.05, 3.63) is 33.9 Å². The van der Waals surface area contributed by atoms with Crippen molar-refractivity contribution in [2.24, 2.45) is 5.92 Å². The van der Waals surface area contributed by atoms with Gasteiger partial charge in [0, 0.05) is 23.2 Å². The van der Waals surface area contributed by atoms with Crippen molar-refractivity contribution in [1.29, 1.82) is 0 Å². The van der Waals surface area contributed by atoms with E-state index in [1.54, 1.807) is 19.1 Å². The highest BCUT2D eigenvalue weighted by atomic mass is 16.6. The van der Waals surface area contributed by atoms with E-state index in [-0.39, 0.29) is 17.5 Å². The van der Waals surface area contributed by atoms with E-state index in [0.717, 1.165) is 12.8 Å². The number of carbonyl (C=O) groups is 1.